The zero-order chi connectivity index (χ0) is 14.7. The van der Waals surface area contributed by atoms with Crippen molar-refractivity contribution in [2.24, 2.45) is 0 Å². The van der Waals surface area contributed by atoms with E-state index in [0.29, 0.717) is 23.3 Å². The molecule has 106 valence electrons. The number of hydrogen-bond acceptors (Lipinski definition) is 5. The summed E-state index contributed by atoms with van der Waals surface area (Å²) >= 11 is 5.93. The molecule has 0 atom stereocenters. The molecule has 1 N–H and O–H groups in total. The van der Waals surface area contributed by atoms with Gasteiger partial charge in [-0.2, -0.15) is 5.10 Å². The number of pyridine rings is 1. The number of nitrogens with zero attached hydrogens (tertiary/aromatic N) is 5. The van der Waals surface area contributed by atoms with E-state index in [-0.39, 0.29) is 0 Å². The van der Waals surface area contributed by atoms with Crippen molar-refractivity contribution in [3.63, 3.8) is 0 Å². The molecular weight excluding hydrogens is 288 g/mol. The van der Waals surface area contributed by atoms with E-state index in [2.05, 4.69) is 25.4 Å². The molecule has 0 fully saturated rings. The van der Waals surface area contributed by atoms with Crippen molar-refractivity contribution in [2.75, 3.05) is 5.32 Å². The SMILES string of the molecule is Cc1nc(Cl)cc(NCc2cccnc2-n2cccn2)n1. The summed E-state index contributed by atoms with van der Waals surface area (Å²) in [6.45, 7) is 2.37. The van der Waals surface area contributed by atoms with Gasteiger partial charge < -0.3 is 5.32 Å². The van der Waals surface area contributed by atoms with Crippen molar-refractivity contribution in [3.8, 4) is 5.82 Å². The van der Waals surface area contributed by atoms with Gasteiger partial charge in [0.15, 0.2) is 5.82 Å². The maximum atomic E-state index is 5.93. The fourth-order valence-electron chi connectivity index (χ4n) is 1.98. The molecule has 3 aromatic heterocycles. The maximum Gasteiger partial charge on any atom is 0.158 e. The molecule has 0 saturated carbocycles. The van der Waals surface area contributed by atoms with Gasteiger partial charge in [-0.1, -0.05) is 17.7 Å². The van der Waals surface area contributed by atoms with Crippen molar-refractivity contribution < 1.29 is 0 Å². The highest BCUT2D eigenvalue weighted by atomic mass is 35.5. The second-order valence-electron chi connectivity index (χ2n) is 4.41. The van der Waals surface area contributed by atoms with E-state index in [4.69, 9.17) is 11.6 Å². The highest BCUT2D eigenvalue weighted by Crippen LogP contribution is 2.15. The van der Waals surface area contributed by atoms with Crippen molar-refractivity contribution in [3.05, 3.63) is 59.4 Å². The minimum atomic E-state index is 0.420. The molecule has 0 aliphatic rings. The molecule has 7 heteroatoms. The average molecular weight is 301 g/mol. The molecule has 0 amide bonds. The van der Waals surface area contributed by atoms with Crippen molar-refractivity contribution in [1.29, 1.82) is 0 Å². The molecule has 0 radical (unpaired) electrons. The Balaban J connectivity index is 1.82. The third kappa shape index (κ3) is 3.17. The summed E-state index contributed by atoms with van der Waals surface area (Å²) in [5.74, 6) is 2.10. The molecule has 3 heterocycles. The second kappa shape index (κ2) is 5.88. The van der Waals surface area contributed by atoms with Gasteiger partial charge in [-0.25, -0.2) is 19.6 Å². The molecule has 0 saturated heterocycles. The van der Waals surface area contributed by atoms with Crippen LogP contribution in [0.1, 0.15) is 11.4 Å². The van der Waals surface area contributed by atoms with Crippen LogP contribution in [0, 0.1) is 6.92 Å². The summed E-state index contributed by atoms with van der Waals surface area (Å²) < 4.78 is 1.73. The zero-order valence-electron chi connectivity index (χ0n) is 11.4. The molecule has 3 aromatic rings. The number of aryl methyl sites for hydroxylation is 1. The maximum absolute atomic E-state index is 5.93. The van der Waals surface area contributed by atoms with E-state index < -0.39 is 0 Å². The van der Waals surface area contributed by atoms with Gasteiger partial charge in [-0.05, 0) is 19.1 Å². The molecule has 0 aliphatic carbocycles. The van der Waals surface area contributed by atoms with Gasteiger partial charge in [0.1, 0.15) is 16.8 Å². The first-order valence-electron chi connectivity index (χ1n) is 6.41. The van der Waals surface area contributed by atoms with Gasteiger partial charge >= 0.3 is 0 Å². The Morgan fingerprint density at radius 1 is 1.24 bits per heavy atom. The smallest absolute Gasteiger partial charge is 0.158 e. The van der Waals surface area contributed by atoms with Gasteiger partial charge in [-0.15, -0.1) is 0 Å². The highest BCUT2D eigenvalue weighted by molar-refractivity contribution is 6.29. The molecule has 0 spiro atoms. The van der Waals surface area contributed by atoms with Gasteiger partial charge in [0.05, 0.1) is 0 Å². The average Bonchev–Trinajstić information content (AvgIpc) is 2.98. The minimum absolute atomic E-state index is 0.420. The molecule has 0 unspecified atom stereocenters. The van der Waals surface area contributed by atoms with Gasteiger partial charge in [0.2, 0.25) is 0 Å². The fourth-order valence-corrected chi connectivity index (χ4v) is 2.20. The molecule has 6 nitrogen and oxygen atoms in total. The lowest BCUT2D eigenvalue weighted by molar-refractivity contribution is 0.828. The van der Waals surface area contributed by atoms with Crippen LogP contribution < -0.4 is 5.32 Å². The summed E-state index contributed by atoms with van der Waals surface area (Å²) in [4.78, 5) is 12.7. The Morgan fingerprint density at radius 2 is 2.14 bits per heavy atom. The van der Waals surface area contributed by atoms with E-state index in [1.54, 1.807) is 30.1 Å². The first-order valence-corrected chi connectivity index (χ1v) is 6.79. The lowest BCUT2D eigenvalue weighted by Gasteiger charge is -2.10. The molecule has 0 bridgehead atoms. The third-order valence-electron chi connectivity index (χ3n) is 2.86. The number of aromatic nitrogens is 5. The lowest BCUT2D eigenvalue weighted by atomic mass is 10.2. The number of nitrogens with one attached hydrogen (secondary N) is 1. The first kappa shape index (κ1) is 13.5. The molecular formula is C14H13ClN6. The van der Waals surface area contributed by atoms with E-state index >= 15 is 0 Å². The molecule has 21 heavy (non-hydrogen) atoms. The number of hydrogen-bond donors (Lipinski definition) is 1. The Kier molecular flexibility index (Phi) is 3.79. The predicted octanol–water partition coefficient (Wildman–Crippen LogP) is 2.63. The van der Waals surface area contributed by atoms with Crippen molar-refractivity contribution in [2.45, 2.75) is 13.5 Å². The zero-order valence-corrected chi connectivity index (χ0v) is 12.1. The van der Waals surface area contributed by atoms with E-state index in [1.165, 1.54) is 0 Å². The summed E-state index contributed by atoms with van der Waals surface area (Å²) in [6.07, 6.45) is 5.32. The largest absolute Gasteiger partial charge is 0.366 e. The van der Waals surface area contributed by atoms with Crippen LogP contribution in [0.5, 0.6) is 0 Å². The van der Waals surface area contributed by atoms with Crippen LogP contribution in [0.3, 0.4) is 0 Å². The predicted molar refractivity (Wildman–Crippen MR) is 80.5 cm³/mol. The number of anilines is 1. The summed E-state index contributed by atoms with van der Waals surface area (Å²) in [6, 6.07) is 7.44. The monoisotopic (exact) mass is 300 g/mol. The van der Waals surface area contributed by atoms with E-state index in [1.807, 2.05) is 24.4 Å². The first-order chi connectivity index (χ1) is 10.2. The second-order valence-corrected chi connectivity index (χ2v) is 4.80. The Morgan fingerprint density at radius 3 is 2.90 bits per heavy atom. The van der Waals surface area contributed by atoms with Gasteiger partial charge in [0.25, 0.3) is 0 Å². The molecule has 3 rings (SSSR count). The van der Waals surface area contributed by atoms with Crippen LogP contribution in [-0.4, -0.2) is 24.7 Å². The Labute approximate surface area is 126 Å². The van der Waals surface area contributed by atoms with Crippen LogP contribution in [0.4, 0.5) is 5.82 Å². The molecule has 0 aromatic carbocycles. The van der Waals surface area contributed by atoms with Gasteiger partial charge in [-0.3, -0.25) is 0 Å². The van der Waals surface area contributed by atoms with Crippen LogP contribution >= 0.6 is 11.6 Å². The summed E-state index contributed by atoms with van der Waals surface area (Å²) in [5.41, 5.74) is 1.01. The fraction of sp³-hybridized carbons (Fsp3) is 0.143. The van der Waals surface area contributed by atoms with E-state index in [0.717, 1.165) is 11.4 Å². The van der Waals surface area contributed by atoms with Crippen molar-refractivity contribution in [1.82, 2.24) is 24.7 Å². The molecule has 0 aliphatic heterocycles. The van der Waals surface area contributed by atoms with Gasteiger partial charge in [0, 0.05) is 36.8 Å². The summed E-state index contributed by atoms with van der Waals surface area (Å²) in [5, 5.41) is 7.86. The third-order valence-corrected chi connectivity index (χ3v) is 3.05. The van der Waals surface area contributed by atoms with Crippen LogP contribution in [0.2, 0.25) is 5.15 Å². The topological polar surface area (TPSA) is 68.5 Å². The quantitative estimate of drug-likeness (QED) is 0.750. The Bertz CT molecular complexity index is 721. The van der Waals surface area contributed by atoms with Crippen LogP contribution in [0.15, 0.2) is 42.9 Å². The number of rotatable bonds is 4. The van der Waals surface area contributed by atoms with Crippen molar-refractivity contribution >= 4 is 17.4 Å². The lowest BCUT2D eigenvalue weighted by Crippen LogP contribution is -2.08. The number of halogens is 1. The minimum Gasteiger partial charge on any atom is -0.366 e. The summed E-state index contributed by atoms with van der Waals surface area (Å²) in [7, 11) is 0. The van der Waals surface area contributed by atoms with Crippen LogP contribution in [-0.2, 0) is 6.54 Å². The van der Waals surface area contributed by atoms with E-state index in [9.17, 15) is 0 Å². The van der Waals surface area contributed by atoms with Crippen LogP contribution in [0.25, 0.3) is 5.82 Å². The standard InChI is InChI=1S/C14H13ClN6/c1-10-19-12(15)8-13(20-10)17-9-11-4-2-5-16-14(11)21-7-3-6-18-21/h2-8H,9H2,1H3,(H,17,19,20). The normalized spacial score (nSPS) is 10.6. The highest BCUT2D eigenvalue weighted by Gasteiger charge is 2.06. The Hall–Kier alpha value is -2.47.